The van der Waals surface area contributed by atoms with E-state index in [0.717, 1.165) is 36.6 Å². The molecule has 0 spiro atoms. The molecule has 0 fully saturated rings. The summed E-state index contributed by atoms with van der Waals surface area (Å²) in [4.78, 5) is 13.3. The van der Waals surface area contributed by atoms with E-state index in [1.165, 1.54) is 6.42 Å². The fraction of sp³-hybridized carbons (Fsp3) is 0.308. The van der Waals surface area contributed by atoms with Gasteiger partial charge in [0.15, 0.2) is 0 Å². The van der Waals surface area contributed by atoms with Crippen LogP contribution >= 0.6 is 11.6 Å². The molecule has 5 nitrogen and oxygen atoms in total. The van der Waals surface area contributed by atoms with Gasteiger partial charge in [-0.05, 0) is 18.9 Å². The SMILES string of the molecule is Clc1c(-c2ccn3ccnc3n2)nc2n1CCCC2. The highest BCUT2D eigenvalue weighted by Gasteiger charge is 2.20. The molecule has 1 aliphatic rings. The number of hydrogen-bond donors (Lipinski definition) is 0. The zero-order valence-corrected chi connectivity index (χ0v) is 11.0. The van der Waals surface area contributed by atoms with Gasteiger partial charge in [0.2, 0.25) is 5.78 Å². The van der Waals surface area contributed by atoms with Gasteiger partial charge in [0.05, 0.1) is 5.69 Å². The lowest BCUT2D eigenvalue weighted by molar-refractivity contribution is 0.523. The van der Waals surface area contributed by atoms with Crippen molar-refractivity contribution in [1.29, 1.82) is 0 Å². The third-order valence-corrected chi connectivity index (χ3v) is 3.90. The molecule has 0 unspecified atom stereocenters. The van der Waals surface area contributed by atoms with Crippen molar-refractivity contribution in [3.05, 3.63) is 35.6 Å². The Morgan fingerprint density at radius 1 is 1.16 bits per heavy atom. The van der Waals surface area contributed by atoms with Gasteiger partial charge in [-0.15, -0.1) is 0 Å². The molecule has 3 aromatic rings. The van der Waals surface area contributed by atoms with Crippen molar-refractivity contribution in [3.8, 4) is 11.4 Å². The van der Waals surface area contributed by atoms with Gasteiger partial charge < -0.3 is 4.57 Å². The van der Waals surface area contributed by atoms with Crippen LogP contribution in [0.3, 0.4) is 0 Å². The van der Waals surface area contributed by atoms with Crippen molar-refractivity contribution in [2.45, 2.75) is 25.8 Å². The van der Waals surface area contributed by atoms with Crippen LogP contribution in [0, 0.1) is 0 Å². The lowest BCUT2D eigenvalue weighted by Gasteiger charge is -2.13. The number of aryl methyl sites for hydroxylation is 1. The second kappa shape index (κ2) is 4.06. The summed E-state index contributed by atoms with van der Waals surface area (Å²) < 4.78 is 3.96. The highest BCUT2D eigenvalue weighted by Crippen LogP contribution is 2.30. The number of aromatic nitrogens is 5. The number of hydrogen-bond acceptors (Lipinski definition) is 3. The Hall–Kier alpha value is -1.88. The molecule has 0 aromatic carbocycles. The van der Waals surface area contributed by atoms with Gasteiger partial charge in [0.25, 0.3) is 0 Å². The lowest BCUT2D eigenvalue weighted by atomic mass is 10.2. The number of rotatable bonds is 1. The molecular formula is C13H12ClN5. The molecule has 0 radical (unpaired) electrons. The second-order valence-electron chi connectivity index (χ2n) is 4.72. The second-order valence-corrected chi connectivity index (χ2v) is 5.08. The lowest BCUT2D eigenvalue weighted by Crippen LogP contribution is -2.10. The van der Waals surface area contributed by atoms with Crippen molar-refractivity contribution in [3.63, 3.8) is 0 Å². The van der Waals surface area contributed by atoms with Crippen molar-refractivity contribution >= 4 is 17.4 Å². The summed E-state index contributed by atoms with van der Waals surface area (Å²) in [5, 5.41) is 0.693. The highest BCUT2D eigenvalue weighted by atomic mass is 35.5. The average molecular weight is 274 g/mol. The number of fused-ring (bicyclic) bond motifs is 2. The molecule has 6 heteroatoms. The molecule has 1 aliphatic heterocycles. The van der Waals surface area contributed by atoms with E-state index in [9.17, 15) is 0 Å². The summed E-state index contributed by atoms with van der Waals surface area (Å²) in [7, 11) is 0. The molecule has 0 aliphatic carbocycles. The number of nitrogens with zero attached hydrogens (tertiary/aromatic N) is 5. The van der Waals surface area contributed by atoms with E-state index in [1.807, 2.05) is 22.9 Å². The van der Waals surface area contributed by atoms with Gasteiger partial charge >= 0.3 is 0 Å². The molecule has 0 bridgehead atoms. The summed E-state index contributed by atoms with van der Waals surface area (Å²) in [5.41, 5.74) is 1.55. The predicted molar refractivity (Wildman–Crippen MR) is 72.2 cm³/mol. The van der Waals surface area contributed by atoms with E-state index in [-0.39, 0.29) is 0 Å². The topological polar surface area (TPSA) is 48.0 Å². The fourth-order valence-corrected chi connectivity index (χ4v) is 2.87. The van der Waals surface area contributed by atoms with Crippen molar-refractivity contribution < 1.29 is 0 Å². The largest absolute Gasteiger partial charge is 0.319 e. The minimum absolute atomic E-state index is 0.666. The van der Waals surface area contributed by atoms with Gasteiger partial charge in [-0.2, -0.15) is 0 Å². The molecular weight excluding hydrogens is 262 g/mol. The van der Waals surface area contributed by atoms with E-state index < -0.39 is 0 Å². The Bertz CT molecular complexity index is 758. The van der Waals surface area contributed by atoms with Gasteiger partial charge in [-0.3, -0.25) is 4.40 Å². The van der Waals surface area contributed by atoms with E-state index in [0.29, 0.717) is 10.9 Å². The van der Waals surface area contributed by atoms with Crippen molar-refractivity contribution in [2.75, 3.05) is 0 Å². The molecule has 96 valence electrons. The standard InChI is InChI=1S/C13H12ClN5/c14-12-11(17-10-3-1-2-6-19(10)12)9-4-7-18-8-5-15-13(18)16-9/h4-5,7-8H,1-3,6H2. The molecule has 0 saturated carbocycles. The third kappa shape index (κ3) is 1.65. The van der Waals surface area contributed by atoms with E-state index >= 15 is 0 Å². The Morgan fingerprint density at radius 3 is 3.00 bits per heavy atom. The van der Waals surface area contributed by atoms with Crippen LogP contribution in [0.2, 0.25) is 5.15 Å². The van der Waals surface area contributed by atoms with E-state index in [1.54, 1.807) is 6.20 Å². The Balaban J connectivity index is 1.89. The van der Waals surface area contributed by atoms with Gasteiger partial charge in [0.1, 0.15) is 16.7 Å². The van der Waals surface area contributed by atoms with Crippen LogP contribution in [-0.2, 0) is 13.0 Å². The quantitative estimate of drug-likeness (QED) is 0.685. The molecule has 0 atom stereocenters. The number of imidazole rings is 2. The number of halogens is 1. The Kier molecular flexibility index (Phi) is 2.35. The molecule has 4 rings (SSSR count). The average Bonchev–Trinajstić information content (AvgIpc) is 3.03. The van der Waals surface area contributed by atoms with Crippen LogP contribution in [0.4, 0.5) is 0 Å². The molecule has 4 heterocycles. The summed E-state index contributed by atoms with van der Waals surface area (Å²) >= 11 is 6.44. The Morgan fingerprint density at radius 2 is 2.11 bits per heavy atom. The monoisotopic (exact) mass is 273 g/mol. The highest BCUT2D eigenvalue weighted by molar-refractivity contribution is 6.32. The molecule has 19 heavy (non-hydrogen) atoms. The first-order valence-electron chi connectivity index (χ1n) is 6.38. The smallest absolute Gasteiger partial charge is 0.234 e. The predicted octanol–water partition coefficient (Wildman–Crippen LogP) is 2.58. The summed E-state index contributed by atoms with van der Waals surface area (Å²) in [6.45, 7) is 0.951. The maximum absolute atomic E-state index is 6.44. The van der Waals surface area contributed by atoms with Crippen LogP contribution in [0.5, 0.6) is 0 Å². The van der Waals surface area contributed by atoms with Crippen molar-refractivity contribution in [1.82, 2.24) is 23.9 Å². The van der Waals surface area contributed by atoms with Crippen molar-refractivity contribution in [2.24, 2.45) is 0 Å². The molecule has 0 N–H and O–H groups in total. The Labute approximate surface area is 114 Å². The van der Waals surface area contributed by atoms with E-state index in [4.69, 9.17) is 11.6 Å². The summed E-state index contributed by atoms with van der Waals surface area (Å²) in [6, 6.07) is 1.93. The zero-order chi connectivity index (χ0) is 12.8. The summed E-state index contributed by atoms with van der Waals surface area (Å²) in [6.07, 6.45) is 8.86. The molecule has 0 saturated heterocycles. The third-order valence-electron chi connectivity index (χ3n) is 3.52. The van der Waals surface area contributed by atoms with Gasteiger partial charge in [-0.1, -0.05) is 11.6 Å². The molecule has 3 aromatic heterocycles. The minimum Gasteiger partial charge on any atom is -0.319 e. The maximum atomic E-state index is 6.44. The van der Waals surface area contributed by atoms with Crippen LogP contribution in [0.25, 0.3) is 17.2 Å². The normalized spacial score (nSPS) is 14.8. The first-order valence-corrected chi connectivity index (χ1v) is 6.76. The van der Waals surface area contributed by atoms with Crippen LogP contribution in [0.1, 0.15) is 18.7 Å². The van der Waals surface area contributed by atoms with Gasteiger partial charge in [0, 0.05) is 31.6 Å². The van der Waals surface area contributed by atoms with Crippen LogP contribution in [0.15, 0.2) is 24.7 Å². The molecule has 0 amide bonds. The van der Waals surface area contributed by atoms with Crippen LogP contribution < -0.4 is 0 Å². The first-order chi connectivity index (χ1) is 9.33. The maximum Gasteiger partial charge on any atom is 0.234 e. The minimum atomic E-state index is 0.666. The zero-order valence-electron chi connectivity index (χ0n) is 10.3. The first kappa shape index (κ1) is 11.0. The van der Waals surface area contributed by atoms with E-state index in [2.05, 4.69) is 19.5 Å². The van der Waals surface area contributed by atoms with Crippen LogP contribution in [-0.4, -0.2) is 23.9 Å². The fourth-order valence-electron chi connectivity index (χ4n) is 2.55. The van der Waals surface area contributed by atoms with Gasteiger partial charge in [-0.25, -0.2) is 15.0 Å². The summed E-state index contributed by atoms with van der Waals surface area (Å²) in [5.74, 6) is 1.73.